The smallest absolute Gasteiger partial charge is 0.251 e. The maximum Gasteiger partial charge on any atom is 0.251 e. The molecular weight excluding hydrogens is 328 g/mol. The summed E-state index contributed by atoms with van der Waals surface area (Å²) in [5.74, 6) is -0.162. The first-order valence-corrected chi connectivity index (χ1v) is 9.06. The van der Waals surface area contributed by atoms with Crippen molar-refractivity contribution in [1.82, 2.24) is 5.32 Å². The van der Waals surface area contributed by atoms with Crippen molar-refractivity contribution < 1.29 is 14.6 Å². The summed E-state index contributed by atoms with van der Waals surface area (Å²) >= 11 is 0. The van der Waals surface area contributed by atoms with E-state index in [2.05, 4.69) is 16.3 Å². The van der Waals surface area contributed by atoms with Crippen LogP contribution in [0.4, 0.5) is 5.69 Å². The Balaban J connectivity index is 1.60. The van der Waals surface area contributed by atoms with Crippen LogP contribution < -0.4 is 10.2 Å². The minimum absolute atomic E-state index is 0.0917. The van der Waals surface area contributed by atoms with E-state index in [4.69, 9.17) is 4.74 Å². The summed E-state index contributed by atoms with van der Waals surface area (Å²) in [5.41, 5.74) is 3.98. The minimum atomic E-state index is -0.303. The van der Waals surface area contributed by atoms with Gasteiger partial charge in [-0.25, -0.2) is 0 Å². The molecule has 1 amide bonds. The minimum Gasteiger partial charge on any atom is -0.394 e. The Labute approximate surface area is 154 Å². The van der Waals surface area contributed by atoms with Crippen molar-refractivity contribution in [3.05, 3.63) is 65.2 Å². The van der Waals surface area contributed by atoms with E-state index < -0.39 is 0 Å². The molecule has 1 aliphatic heterocycles. The third-order valence-corrected chi connectivity index (χ3v) is 4.63. The average molecular weight is 354 g/mol. The lowest BCUT2D eigenvalue weighted by atomic mass is 10.0. The summed E-state index contributed by atoms with van der Waals surface area (Å²) in [7, 11) is 0. The second-order valence-corrected chi connectivity index (χ2v) is 6.69. The van der Waals surface area contributed by atoms with Crippen molar-refractivity contribution in [2.75, 3.05) is 37.8 Å². The number of nitrogens with one attached hydrogen (secondary N) is 1. The van der Waals surface area contributed by atoms with E-state index in [1.54, 1.807) is 0 Å². The van der Waals surface area contributed by atoms with Crippen molar-refractivity contribution in [2.24, 2.45) is 0 Å². The molecule has 0 aliphatic carbocycles. The predicted molar refractivity (Wildman–Crippen MR) is 103 cm³/mol. The van der Waals surface area contributed by atoms with Gasteiger partial charge in [-0.3, -0.25) is 4.79 Å². The molecule has 2 N–H and O–H groups in total. The molecule has 0 radical (unpaired) electrons. The van der Waals surface area contributed by atoms with Gasteiger partial charge in [-0.1, -0.05) is 29.8 Å². The Morgan fingerprint density at radius 1 is 1.19 bits per heavy atom. The van der Waals surface area contributed by atoms with E-state index in [1.807, 2.05) is 49.4 Å². The van der Waals surface area contributed by atoms with Gasteiger partial charge in [0.15, 0.2) is 0 Å². The Kier molecular flexibility index (Phi) is 6.26. The van der Waals surface area contributed by atoms with Crippen LogP contribution in [0.25, 0.3) is 0 Å². The van der Waals surface area contributed by atoms with E-state index in [9.17, 15) is 9.90 Å². The van der Waals surface area contributed by atoms with Crippen LogP contribution in [0.3, 0.4) is 0 Å². The van der Waals surface area contributed by atoms with Crippen LogP contribution in [-0.4, -0.2) is 50.0 Å². The normalized spacial score (nSPS) is 15.5. The van der Waals surface area contributed by atoms with Crippen molar-refractivity contribution in [3.63, 3.8) is 0 Å². The van der Waals surface area contributed by atoms with Crippen molar-refractivity contribution >= 4 is 11.6 Å². The fourth-order valence-electron chi connectivity index (χ4n) is 3.20. The van der Waals surface area contributed by atoms with Crippen LogP contribution >= 0.6 is 0 Å². The number of rotatable bonds is 6. The van der Waals surface area contributed by atoms with E-state index in [-0.39, 0.29) is 18.6 Å². The molecule has 0 saturated carbocycles. The van der Waals surface area contributed by atoms with Crippen molar-refractivity contribution in [3.8, 4) is 0 Å². The highest BCUT2D eigenvalue weighted by Crippen LogP contribution is 2.17. The van der Waals surface area contributed by atoms with Gasteiger partial charge in [0.1, 0.15) is 0 Å². The van der Waals surface area contributed by atoms with E-state index >= 15 is 0 Å². The quantitative estimate of drug-likeness (QED) is 0.835. The lowest BCUT2D eigenvalue weighted by molar-refractivity contribution is 0.0916. The summed E-state index contributed by atoms with van der Waals surface area (Å²) in [4.78, 5) is 14.8. The molecule has 1 saturated heterocycles. The summed E-state index contributed by atoms with van der Waals surface area (Å²) in [5, 5.41) is 12.6. The Hall–Kier alpha value is -2.37. The van der Waals surface area contributed by atoms with E-state index in [1.165, 1.54) is 5.56 Å². The zero-order valence-corrected chi connectivity index (χ0v) is 15.1. The lowest BCUT2D eigenvalue weighted by Gasteiger charge is -2.28. The second kappa shape index (κ2) is 8.83. The average Bonchev–Trinajstić information content (AvgIpc) is 2.68. The van der Waals surface area contributed by atoms with Gasteiger partial charge in [0, 0.05) is 24.3 Å². The van der Waals surface area contributed by atoms with Gasteiger partial charge >= 0.3 is 0 Å². The zero-order valence-electron chi connectivity index (χ0n) is 15.1. The molecular formula is C21H26N2O3. The number of ether oxygens (including phenoxy) is 1. The fraction of sp³-hybridized carbons (Fsp3) is 0.381. The molecule has 3 rings (SSSR count). The monoisotopic (exact) mass is 354 g/mol. The molecule has 2 aromatic rings. The van der Waals surface area contributed by atoms with Crippen LogP contribution in [0, 0.1) is 6.92 Å². The number of benzene rings is 2. The third-order valence-electron chi connectivity index (χ3n) is 4.63. The summed E-state index contributed by atoms with van der Waals surface area (Å²) in [6.45, 7) is 5.15. The first-order valence-electron chi connectivity index (χ1n) is 9.06. The number of aryl methyl sites for hydroxylation is 1. The number of aliphatic hydroxyl groups excluding tert-OH is 1. The van der Waals surface area contributed by atoms with Gasteiger partial charge < -0.3 is 20.1 Å². The lowest BCUT2D eigenvalue weighted by Crippen LogP contribution is -2.39. The number of anilines is 1. The summed E-state index contributed by atoms with van der Waals surface area (Å²) in [6, 6.07) is 15.4. The second-order valence-electron chi connectivity index (χ2n) is 6.69. The van der Waals surface area contributed by atoms with Gasteiger partial charge in [-0.2, -0.15) is 0 Å². The molecule has 0 unspecified atom stereocenters. The molecule has 1 aliphatic rings. The van der Waals surface area contributed by atoms with E-state index in [0.29, 0.717) is 12.0 Å². The summed E-state index contributed by atoms with van der Waals surface area (Å²) < 4.78 is 5.37. The number of hydrogen-bond acceptors (Lipinski definition) is 4. The fourth-order valence-corrected chi connectivity index (χ4v) is 3.20. The predicted octanol–water partition coefficient (Wildman–Crippen LogP) is 2.17. The number of carbonyl (C=O) groups is 1. The number of aliphatic hydroxyl groups is 1. The Morgan fingerprint density at radius 2 is 1.92 bits per heavy atom. The number of carbonyl (C=O) groups excluding carboxylic acids is 1. The number of morpholine rings is 1. The maximum atomic E-state index is 12.5. The van der Waals surface area contributed by atoms with Gasteiger partial charge in [0.05, 0.1) is 25.9 Å². The zero-order chi connectivity index (χ0) is 18.4. The standard InChI is InChI=1S/C21H26N2O3/c1-16-3-2-4-17(13-16)14-19(15-24)22-21(25)18-5-7-20(8-6-18)23-9-11-26-12-10-23/h2-8,13,19,24H,9-12,14-15H2,1H3,(H,22,25)/t19-/m1/s1. The Morgan fingerprint density at radius 3 is 2.58 bits per heavy atom. The first kappa shape index (κ1) is 18.4. The van der Waals surface area contributed by atoms with Crippen molar-refractivity contribution in [1.29, 1.82) is 0 Å². The number of nitrogens with zero attached hydrogens (tertiary/aromatic N) is 1. The number of hydrogen-bond donors (Lipinski definition) is 2. The molecule has 138 valence electrons. The molecule has 0 bridgehead atoms. The number of amides is 1. The first-order chi connectivity index (χ1) is 12.7. The SMILES string of the molecule is Cc1cccc(C[C@H](CO)NC(=O)c2ccc(N3CCOCC3)cc2)c1. The molecule has 0 spiro atoms. The van der Waals surface area contributed by atoms with Crippen LogP contribution in [0.1, 0.15) is 21.5 Å². The molecule has 1 fully saturated rings. The van der Waals surface area contributed by atoms with Crippen molar-refractivity contribution in [2.45, 2.75) is 19.4 Å². The van der Waals surface area contributed by atoms with Crippen LogP contribution in [-0.2, 0) is 11.2 Å². The highest BCUT2D eigenvalue weighted by molar-refractivity contribution is 5.94. The molecule has 26 heavy (non-hydrogen) atoms. The van der Waals surface area contributed by atoms with Crippen LogP contribution in [0.5, 0.6) is 0 Å². The topological polar surface area (TPSA) is 61.8 Å². The summed E-state index contributed by atoms with van der Waals surface area (Å²) in [6.07, 6.45) is 0.607. The van der Waals surface area contributed by atoms with Gasteiger partial charge in [0.25, 0.3) is 5.91 Å². The largest absolute Gasteiger partial charge is 0.394 e. The highest BCUT2D eigenvalue weighted by Gasteiger charge is 2.15. The van der Waals surface area contributed by atoms with Gasteiger partial charge in [-0.05, 0) is 43.2 Å². The molecule has 2 aromatic carbocycles. The maximum absolute atomic E-state index is 12.5. The molecule has 1 heterocycles. The van der Waals surface area contributed by atoms with Crippen LogP contribution in [0.15, 0.2) is 48.5 Å². The van der Waals surface area contributed by atoms with Gasteiger partial charge in [-0.15, -0.1) is 0 Å². The third kappa shape index (κ3) is 4.84. The molecule has 5 nitrogen and oxygen atoms in total. The molecule has 5 heteroatoms. The van der Waals surface area contributed by atoms with E-state index in [0.717, 1.165) is 37.6 Å². The molecule has 1 atom stereocenters. The van der Waals surface area contributed by atoms with Crippen LogP contribution in [0.2, 0.25) is 0 Å². The molecule has 0 aromatic heterocycles. The van der Waals surface area contributed by atoms with Gasteiger partial charge in [0.2, 0.25) is 0 Å². The Bertz CT molecular complexity index is 724. The highest BCUT2D eigenvalue weighted by atomic mass is 16.5.